The molecule has 1 N–H and O–H groups in total. The van der Waals surface area contributed by atoms with Gasteiger partial charge in [0.15, 0.2) is 5.82 Å². The van der Waals surface area contributed by atoms with E-state index in [1.165, 1.54) is 38.1 Å². The molecule has 0 amide bonds. The summed E-state index contributed by atoms with van der Waals surface area (Å²) in [6.45, 7) is 4.62. The molecule has 2 heterocycles. The number of morpholine rings is 1. The first-order chi connectivity index (χ1) is 10.3. The second-order valence-corrected chi connectivity index (χ2v) is 5.87. The van der Waals surface area contributed by atoms with Gasteiger partial charge in [-0.1, -0.05) is 12.8 Å². The molecule has 2 atom stereocenters. The standard InChI is InChI=1S/C15H23FN4O/c16-13-10-18-15(19-11-13)17-9-12-3-1-2-4-14(12)20-5-7-21-8-6-20/h10-12,14H,1-9H2,(H,17,18,19)/t12-,14-/m0/s1. The number of anilines is 1. The van der Waals surface area contributed by atoms with Crippen molar-refractivity contribution in [3.8, 4) is 0 Å². The van der Waals surface area contributed by atoms with Crippen LogP contribution in [0.1, 0.15) is 25.7 Å². The third kappa shape index (κ3) is 3.89. The Morgan fingerprint density at radius 3 is 2.67 bits per heavy atom. The van der Waals surface area contributed by atoms with Crippen molar-refractivity contribution in [2.75, 3.05) is 38.2 Å². The summed E-state index contributed by atoms with van der Waals surface area (Å²) in [7, 11) is 0. The molecular formula is C15H23FN4O. The third-order valence-corrected chi connectivity index (χ3v) is 4.53. The molecule has 21 heavy (non-hydrogen) atoms. The van der Waals surface area contributed by atoms with Gasteiger partial charge in [0.25, 0.3) is 0 Å². The van der Waals surface area contributed by atoms with Gasteiger partial charge in [-0.3, -0.25) is 4.90 Å². The summed E-state index contributed by atoms with van der Waals surface area (Å²) >= 11 is 0. The highest BCUT2D eigenvalue weighted by molar-refractivity contribution is 5.22. The number of ether oxygens (including phenoxy) is 1. The van der Waals surface area contributed by atoms with Gasteiger partial charge in [-0.05, 0) is 18.8 Å². The van der Waals surface area contributed by atoms with Crippen LogP contribution in [0.4, 0.5) is 10.3 Å². The minimum absolute atomic E-state index is 0.399. The maximum Gasteiger partial charge on any atom is 0.222 e. The predicted octanol–water partition coefficient (Wildman–Crippen LogP) is 1.92. The molecule has 5 nitrogen and oxygen atoms in total. The lowest BCUT2D eigenvalue weighted by Gasteiger charge is -2.41. The molecule has 1 aromatic heterocycles. The molecule has 6 heteroatoms. The van der Waals surface area contributed by atoms with E-state index in [4.69, 9.17) is 4.74 Å². The lowest BCUT2D eigenvalue weighted by atomic mass is 9.83. The van der Waals surface area contributed by atoms with E-state index in [2.05, 4.69) is 20.2 Å². The fourth-order valence-corrected chi connectivity index (χ4v) is 3.44. The van der Waals surface area contributed by atoms with Crippen LogP contribution >= 0.6 is 0 Å². The number of hydrogen-bond acceptors (Lipinski definition) is 5. The monoisotopic (exact) mass is 294 g/mol. The van der Waals surface area contributed by atoms with Crippen molar-refractivity contribution in [1.82, 2.24) is 14.9 Å². The molecule has 0 unspecified atom stereocenters. The largest absolute Gasteiger partial charge is 0.379 e. The van der Waals surface area contributed by atoms with E-state index < -0.39 is 5.82 Å². The number of aromatic nitrogens is 2. The number of halogens is 1. The molecule has 116 valence electrons. The summed E-state index contributed by atoms with van der Waals surface area (Å²) in [5.41, 5.74) is 0. The second kappa shape index (κ2) is 7.13. The van der Waals surface area contributed by atoms with Gasteiger partial charge in [-0.2, -0.15) is 0 Å². The van der Waals surface area contributed by atoms with Crippen LogP contribution in [0.2, 0.25) is 0 Å². The predicted molar refractivity (Wildman–Crippen MR) is 78.6 cm³/mol. The van der Waals surface area contributed by atoms with Crippen molar-refractivity contribution in [1.29, 1.82) is 0 Å². The molecule has 0 radical (unpaired) electrons. The van der Waals surface area contributed by atoms with Crippen LogP contribution in [0, 0.1) is 11.7 Å². The quantitative estimate of drug-likeness (QED) is 0.919. The molecule has 2 fully saturated rings. The average Bonchev–Trinajstić information content (AvgIpc) is 2.55. The van der Waals surface area contributed by atoms with Crippen molar-refractivity contribution < 1.29 is 9.13 Å². The van der Waals surface area contributed by atoms with Gasteiger partial charge in [-0.25, -0.2) is 14.4 Å². The summed E-state index contributed by atoms with van der Waals surface area (Å²) in [6, 6.07) is 0.621. The summed E-state index contributed by atoms with van der Waals surface area (Å²) in [5, 5.41) is 3.26. The molecule has 1 saturated heterocycles. The first kappa shape index (κ1) is 14.7. The van der Waals surface area contributed by atoms with Crippen LogP contribution in [0.25, 0.3) is 0 Å². The van der Waals surface area contributed by atoms with E-state index in [-0.39, 0.29) is 0 Å². The minimum atomic E-state index is -0.399. The Kier molecular flexibility index (Phi) is 4.98. The highest BCUT2D eigenvalue weighted by Gasteiger charge is 2.30. The van der Waals surface area contributed by atoms with Crippen molar-refractivity contribution in [3.63, 3.8) is 0 Å². The lowest BCUT2D eigenvalue weighted by Crippen LogP contribution is -2.49. The number of nitrogens with zero attached hydrogens (tertiary/aromatic N) is 3. The minimum Gasteiger partial charge on any atom is -0.379 e. The Morgan fingerprint density at radius 1 is 1.19 bits per heavy atom. The number of hydrogen-bond donors (Lipinski definition) is 1. The van der Waals surface area contributed by atoms with Gasteiger partial charge >= 0.3 is 0 Å². The van der Waals surface area contributed by atoms with E-state index in [0.29, 0.717) is 17.9 Å². The van der Waals surface area contributed by atoms with Gasteiger partial charge in [0.05, 0.1) is 25.6 Å². The van der Waals surface area contributed by atoms with Crippen LogP contribution in [-0.2, 0) is 4.74 Å². The fourth-order valence-electron chi connectivity index (χ4n) is 3.44. The Labute approximate surface area is 124 Å². The van der Waals surface area contributed by atoms with E-state index in [9.17, 15) is 4.39 Å². The van der Waals surface area contributed by atoms with Gasteiger partial charge in [0.1, 0.15) is 0 Å². The molecule has 1 aromatic rings. The van der Waals surface area contributed by atoms with E-state index >= 15 is 0 Å². The van der Waals surface area contributed by atoms with E-state index in [0.717, 1.165) is 32.8 Å². The summed E-state index contributed by atoms with van der Waals surface area (Å²) < 4.78 is 18.3. The highest BCUT2D eigenvalue weighted by atomic mass is 19.1. The van der Waals surface area contributed by atoms with Crippen molar-refractivity contribution in [3.05, 3.63) is 18.2 Å². The maximum absolute atomic E-state index is 12.8. The van der Waals surface area contributed by atoms with Gasteiger partial charge < -0.3 is 10.1 Å². The summed E-state index contributed by atoms with van der Waals surface area (Å²) in [4.78, 5) is 10.5. The van der Waals surface area contributed by atoms with E-state index in [1.807, 2.05) is 0 Å². The zero-order chi connectivity index (χ0) is 14.5. The summed E-state index contributed by atoms with van der Waals surface area (Å²) in [6.07, 6.45) is 7.50. The van der Waals surface area contributed by atoms with Gasteiger partial charge in [0.2, 0.25) is 5.95 Å². The maximum atomic E-state index is 12.8. The zero-order valence-electron chi connectivity index (χ0n) is 12.3. The first-order valence-electron chi connectivity index (χ1n) is 7.86. The van der Waals surface area contributed by atoms with Crippen LogP contribution < -0.4 is 5.32 Å². The van der Waals surface area contributed by atoms with Crippen LogP contribution in [0.3, 0.4) is 0 Å². The molecule has 3 rings (SSSR count). The number of nitrogens with one attached hydrogen (secondary N) is 1. The van der Waals surface area contributed by atoms with Crippen molar-refractivity contribution >= 4 is 5.95 Å². The average molecular weight is 294 g/mol. The van der Waals surface area contributed by atoms with Crippen molar-refractivity contribution in [2.45, 2.75) is 31.7 Å². The van der Waals surface area contributed by atoms with Crippen LogP contribution in [-0.4, -0.2) is 53.8 Å². The van der Waals surface area contributed by atoms with Crippen LogP contribution in [0.15, 0.2) is 12.4 Å². The smallest absolute Gasteiger partial charge is 0.222 e. The van der Waals surface area contributed by atoms with Gasteiger partial charge in [0, 0.05) is 25.7 Å². The normalized spacial score (nSPS) is 27.5. The molecule has 0 spiro atoms. The molecule has 1 saturated carbocycles. The SMILES string of the molecule is Fc1cnc(NC[C@@H]2CCCC[C@@H]2N2CCOCC2)nc1. The number of rotatable bonds is 4. The molecule has 1 aliphatic carbocycles. The Morgan fingerprint density at radius 2 is 1.90 bits per heavy atom. The topological polar surface area (TPSA) is 50.3 Å². The molecule has 2 aliphatic rings. The van der Waals surface area contributed by atoms with E-state index in [1.54, 1.807) is 0 Å². The highest BCUT2D eigenvalue weighted by Crippen LogP contribution is 2.29. The third-order valence-electron chi connectivity index (χ3n) is 4.53. The first-order valence-corrected chi connectivity index (χ1v) is 7.86. The Bertz CT molecular complexity index is 436. The molecule has 1 aliphatic heterocycles. The van der Waals surface area contributed by atoms with Gasteiger partial charge in [-0.15, -0.1) is 0 Å². The fraction of sp³-hybridized carbons (Fsp3) is 0.733. The Hall–Kier alpha value is -1.27. The second-order valence-electron chi connectivity index (χ2n) is 5.87. The zero-order valence-corrected chi connectivity index (χ0v) is 12.3. The van der Waals surface area contributed by atoms with Crippen LogP contribution in [0.5, 0.6) is 0 Å². The molecule has 0 bridgehead atoms. The Balaban J connectivity index is 1.57. The lowest BCUT2D eigenvalue weighted by molar-refractivity contribution is -0.00542. The molecule has 0 aromatic carbocycles. The van der Waals surface area contributed by atoms with Crippen molar-refractivity contribution in [2.24, 2.45) is 5.92 Å². The summed E-state index contributed by atoms with van der Waals surface area (Å²) in [5.74, 6) is 0.720. The molecular weight excluding hydrogens is 271 g/mol.